The number of hydrogen-bond donors (Lipinski definition) is 4. The fourth-order valence-corrected chi connectivity index (χ4v) is 10.3. The number of nitrogens with zero attached hydrogens (tertiary/aromatic N) is 5. The van der Waals surface area contributed by atoms with Crippen molar-refractivity contribution in [1.29, 1.82) is 0 Å². The smallest absolute Gasteiger partial charge is 0.411 e. The molecular weight excluding hydrogens is 1200 g/mol. The molecule has 0 aromatic heterocycles. The van der Waals surface area contributed by atoms with E-state index in [0.29, 0.717) is 24.1 Å². The first kappa shape index (κ1) is 82.4. The number of hydrogen-bond acceptors (Lipinski definition) is 19. The molecular formula is C67H100Cl2N6O15. The minimum Gasteiger partial charge on any atom is -0.496 e. The molecule has 4 aromatic rings. The van der Waals surface area contributed by atoms with Crippen LogP contribution >= 0.6 is 24.0 Å². The fourth-order valence-electron chi connectivity index (χ4n) is 10.2. The van der Waals surface area contributed by atoms with Crippen molar-refractivity contribution < 1.29 is 72.8 Å². The number of benzene rings is 4. The number of carbonyl (C=O) groups is 4. The topological polar surface area (TPSA) is 272 Å². The van der Waals surface area contributed by atoms with Crippen molar-refractivity contribution in [2.45, 2.75) is 186 Å². The third kappa shape index (κ3) is 24.7. The van der Waals surface area contributed by atoms with Gasteiger partial charge in [0.2, 0.25) is 0 Å². The second-order valence-corrected chi connectivity index (χ2v) is 25.0. The predicted molar refractivity (Wildman–Crippen MR) is 357 cm³/mol. The molecule has 2 fully saturated rings. The first-order valence-electron chi connectivity index (χ1n) is 28.4. The van der Waals surface area contributed by atoms with Gasteiger partial charge in [-0.2, -0.15) is 0 Å². The average molecular weight is 1300 g/mol. The molecule has 2 amide bonds. The third-order valence-electron chi connectivity index (χ3n) is 13.4. The summed E-state index contributed by atoms with van der Waals surface area (Å²) in [6.45, 7) is 38.7. The van der Waals surface area contributed by atoms with E-state index in [0.717, 1.165) is 103 Å². The molecule has 21 nitrogen and oxygen atoms in total. The molecule has 3 atom stereocenters. The van der Waals surface area contributed by atoms with Crippen molar-refractivity contribution in [2.75, 3.05) is 41.5 Å². The second-order valence-electron chi connectivity index (χ2n) is 24.7. The summed E-state index contributed by atoms with van der Waals surface area (Å²) in [5, 5.41) is 33.7. The van der Waals surface area contributed by atoms with Crippen LogP contribution < -0.4 is 24.8 Å². The van der Waals surface area contributed by atoms with E-state index in [2.05, 4.69) is 27.9 Å². The SMILES string of the molecule is C.C=C1C[C@@H](C)N(C(=O)OC(C)(C)C)C1.COc1c(C)cc(C(Cl)=NO)cc1C.COc1c(C)cc(C2=NO[C@]3(C2)C[C@@H](C(=O)OC(C)(C)C)N(C(=O)OC(C)(C)C)C3)cc1C.COc1c(C)cc(C=NO)cc1C.COc1c(C)cc(C=O)cc1C.Cl.NO. The van der Waals surface area contributed by atoms with E-state index in [4.69, 9.17) is 65.2 Å². The number of aryl methyl sites for hydroxylation is 8. The molecule has 0 aliphatic carbocycles. The number of aldehydes is 1. The van der Waals surface area contributed by atoms with Crippen LogP contribution in [0.4, 0.5) is 9.59 Å². The van der Waals surface area contributed by atoms with Crippen molar-refractivity contribution in [2.24, 2.45) is 21.4 Å². The van der Waals surface area contributed by atoms with Crippen LogP contribution in [0.15, 0.2) is 76.2 Å². The summed E-state index contributed by atoms with van der Waals surface area (Å²) in [5.74, 6) is 6.44. The molecule has 4 aromatic carbocycles. The summed E-state index contributed by atoms with van der Waals surface area (Å²) < 4.78 is 37.5. The Labute approximate surface area is 544 Å². The number of ether oxygens (including phenoxy) is 7. The lowest BCUT2D eigenvalue weighted by Crippen LogP contribution is -2.46. The number of methoxy groups -OCH3 is 4. The summed E-state index contributed by atoms with van der Waals surface area (Å²) in [5.41, 5.74) is 10.5. The van der Waals surface area contributed by atoms with Crippen LogP contribution in [-0.2, 0) is 23.8 Å². The molecule has 0 radical (unpaired) electrons. The molecule has 23 heteroatoms. The van der Waals surface area contributed by atoms with E-state index in [-0.39, 0.29) is 50.1 Å². The highest BCUT2D eigenvalue weighted by atomic mass is 35.5. The Kier molecular flexibility index (Phi) is 33.2. The standard InChI is InChI=1S/C25H36N2O6.C11H19NO2.C10H12ClNO2.C10H13NO2.C10H12O2.CH4.ClH.H3NO/c1-15-10-17(11-16(2)20(15)30-9)18-12-25(33-26-18)13-19(21(28)31-23(3,4)5)27(14-25)22(29)32-24(6,7)8;1-8-6-9(2)12(7-8)10(13)14-11(3,4)5;1-6-4-8(10(11)12-13)5-7(2)9(6)14-3;1-7-4-9(6-11-12)5-8(2)10(7)13-3;1-7-4-9(6-11)5-8(2)10(7)12-3;;;1-2/h10-11,19H,12-14H2,1-9H3;9H,1,6-7H2,2-5H3;4-5,13H,1-3H3;4-6,12H,1-3H3;4-6H,1-3H3;1H4;1H;2H,1H2/t19-,25+;9-;;;;;;/m01....../s1. The molecule has 5 N–H and O–H groups in total. The number of oxime groups is 3. The lowest BCUT2D eigenvalue weighted by molar-refractivity contribution is -0.160. The Morgan fingerprint density at radius 2 is 1.04 bits per heavy atom. The maximum atomic E-state index is 13.0. The zero-order valence-corrected chi connectivity index (χ0v) is 57.6. The minimum atomic E-state index is -0.812. The highest BCUT2D eigenvalue weighted by Crippen LogP contribution is 2.41. The number of nitrogens with two attached hydrogens (primary N) is 1. The maximum Gasteiger partial charge on any atom is 0.411 e. The molecule has 2 saturated heterocycles. The molecule has 0 unspecified atom stereocenters. The number of carbonyl (C=O) groups excluding carboxylic acids is 4. The highest BCUT2D eigenvalue weighted by Gasteiger charge is 2.55. The molecule has 1 spiro atoms. The van der Waals surface area contributed by atoms with E-state index in [1.165, 1.54) is 11.1 Å². The Bertz CT molecular complexity index is 3030. The summed E-state index contributed by atoms with van der Waals surface area (Å²) >= 11 is 5.69. The predicted octanol–water partition coefficient (Wildman–Crippen LogP) is 14.4. The van der Waals surface area contributed by atoms with Gasteiger partial charge in [-0.3, -0.25) is 9.69 Å². The Morgan fingerprint density at radius 3 is 1.39 bits per heavy atom. The summed E-state index contributed by atoms with van der Waals surface area (Å²) in [7, 11) is 6.56. The Morgan fingerprint density at radius 1 is 0.667 bits per heavy atom. The first-order chi connectivity index (χ1) is 40.9. The number of esters is 1. The van der Waals surface area contributed by atoms with Crippen LogP contribution in [0.2, 0.25) is 0 Å². The summed E-state index contributed by atoms with van der Waals surface area (Å²) in [6, 6.07) is 14.5. The van der Waals surface area contributed by atoms with Gasteiger partial charge in [0.25, 0.3) is 0 Å². The van der Waals surface area contributed by atoms with E-state index >= 15 is 0 Å². The number of halogens is 2. The highest BCUT2D eigenvalue weighted by molar-refractivity contribution is 6.69. The van der Waals surface area contributed by atoms with Crippen molar-refractivity contribution in [3.05, 3.63) is 127 Å². The molecule has 0 bridgehead atoms. The van der Waals surface area contributed by atoms with Crippen LogP contribution in [-0.4, -0.2) is 143 Å². The van der Waals surface area contributed by atoms with Gasteiger partial charge in [-0.15, -0.1) is 12.4 Å². The number of likely N-dealkylation sites (tertiary alicyclic amines) is 2. The van der Waals surface area contributed by atoms with Gasteiger partial charge in [-0.05, 0) is 230 Å². The van der Waals surface area contributed by atoms with Gasteiger partial charge >= 0.3 is 18.2 Å². The van der Waals surface area contributed by atoms with Gasteiger partial charge in [-0.25, -0.2) is 20.3 Å². The Balaban J connectivity index is 0.00000117. The van der Waals surface area contributed by atoms with E-state index < -0.39 is 40.5 Å². The lowest BCUT2D eigenvalue weighted by Gasteiger charge is -2.29. The van der Waals surface area contributed by atoms with Gasteiger partial charge in [0, 0.05) is 42.1 Å². The second kappa shape index (κ2) is 36.3. The van der Waals surface area contributed by atoms with Gasteiger partial charge in [0.15, 0.2) is 10.8 Å². The maximum absolute atomic E-state index is 13.0. The molecule has 3 aliphatic heterocycles. The molecule has 7 rings (SSSR count). The molecule has 0 saturated carbocycles. The molecule has 90 heavy (non-hydrogen) atoms. The summed E-state index contributed by atoms with van der Waals surface area (Å²) in [6.07, 6.45) is 3.09. The monoisotopic (exact) mass is 1300 g/mol. The van der Waals surface area contributed by atoms with E-state index in [1.807, 2.05) is 132 Å². The third-order valence-corrected chi connectivity index (χ3v) is 13.7. The van der Waals surface area contributed by atoms with Crippen molar-refractivity contribution in [3.63, 3.8) is 0 Å². The van der Waals surface area contributed by atoms with Gasteiger partial charge in [0.05, 0.1) is 46.9 Å². The van der Waals surface area contributed by atoms with Crippen molar-refractivity contribution >= 4 is 65.5 Å². The normalized spacial score (nSPS) is 16.6. The van der Waals surface area contributed by atoms with Crippen LogP contribution in [0.25, 0.3) is 0 Å². The molecule has 3 aliphatic rings. The van der Waals surface area contributed by atoms with Crippen molar-refractivity contribution in [1.82, 2.24) is 9.80 Å². The Hall–Kier alpha value is -7.59. The van der Waals surface area contributed by atoms with E-state index in [9.17, 15) is 19.2 Å². The first-order valence-corrected chi connectivity index (χ1v) is 28.8. The fraction of sp³-hybridized carbons (Fsp3) is 0.507. The van der Waals surface area contributed by atoms with Gasteiger partial charge in [-0.1, -0.05) is 46.6 Å². The number of rotatable bonds is 9. The van der Waals surface area contributed by atoms with Crippen molar-refractivity contribution in [3.8, 4) is 23.0 Å². The van der Waals surface area contributed by atoms with Crippen LogP contribution in [0.1, 0.15) is 167 Å². The zero-order valence-electron chi connectivity index (χ0n) is 56.0. The van der Waals surface area contributed by atoms with E-state index in [1.54, 1.807) is 74.9 Å². The van der Waals surface area contributed by atoms with Crippen LogP contribution in [0.3, 0.4) is 0 Å². The number of amides is 2. The van der Waals surface area contributed by atoms with Gasteiger partial charge < -0.3 is 58.5 Å². The summed E-state index contributed by atoms with van der Waals surface area (Å²) in [4.78, 5) is 57.2. The lowest BCUT2D eigenvalue weighted by atomic mass is 9.90. The minimum absolute atomic E-state index is 0. The quantitative estimate of drug-likeness (QED) is 0.0231. The average Bonchev–Trinajstić information content (AvgIpc) is 1.65. The van der Waals surface area contributed by atoms with Crippen LogP contribution in [0.5, 0.6) is 23.0 Å². The molecule has 502 valence electrons. The van der Waals surface area contributed by atoms with Gasteiger partial charge in [0.1, 0.15) is 52.1 Å². The largest absolute Gasteiger partial charge is 0.496 e. The molecule has 3 heterocycles. The van der Waals surface area contributed by atoms with Crippen LogP contribution in [0, 0.1) is 55.4 Å². The zero-order chi connectivity index (χ0) is 67.4.